The summed E-state index contributed by atoms with van der Waals surface area (Å²) in [6.07, 6.45) is -0.362. The van der Waals surface area contributed by atoms with Gasteiger partial charge in [0, 0.05) is 16.1 Å². The standard InChI is InChI=1S/C25H24ClN5O4S2/c1-3-34-22(33)13-18-14-36-24(27-18)28-21(32)15-37-25-30-29-23(31(25)19-7-5-4-6-8-19)16(2)35-20-11-9-17(26)10-12-20/h4-12,14,16H,3,13,15H2,1-2H3,(H,27,28,32). The van der Waals surface area contributed by atoms with Gasteiger partial charge in [-0.3, -0.25) is 14.2 Å². The lowest BCUT2D eigenvalue weighted by Gasteiger charge is -2.16. The number of thioether (sulfide) groups is 1. The number of aromatic nitrogens is 4. The fourth-order valence-corrected chi connectivity index (χ4v) is 4.93. The van der Waals surface area contributed by atoms with E-state index in [1.165, 1.54) is 23.1 Å². The first-order valence-electron chi connectivity index (χ1n) is 11.4. The first-order chi connectivity index (χ1) is 17.9. The summed E-state index contributed by atoms with van der Waals surface area (Å²) in [6.45, 7) is 3.94. The van der Waals surface area contributed by atoms with E-state index in [0.717, 1.165) is 5.69 Å². The van der Waals surface area contributed by atoms with Crippen molar-refractivity contribution in [1.82, 2.24) is 19.7 Å². The average molecular weight is 558 g/mol. The largest absolute Gasteiger partial charge is 0.483 e. The maximum Gasteiger partial charge on any atom is 0.311 e. The van der Waals surface area contributed by atoms with Gasteiger partial charge in [0.05, 0.1) is 24.5 Å². The lowest BCUT2D eigenvalue weighted by Crippen LogP contribution is -2.15. The molecule has 0 aliphatic carbocycles. The highest BCUT2D eigenvalue weighted by Gasteiger charge is 2.22. The van der Waals surface area contributed by atoms with Crippen LogP contribution in [0, 0.1) is 0 Å². The van der Waals surface area contributed by atoms with Crippen LogP contribution in [0.5, 0.6) is 5.75 Å². The molecular weight excluding hydrogens is 534 g/mol. The van der Waals surface area contributed by atoms with E-state index in [4.69, 9.17) is 21.1 Å². The highest BCUT2D eigenvalue weighted by Crippen LogP contribution is 2.28. The van der Waals surface area contributed by atoms with Gasteiger partial charge in [-0.15, -0.1) is 21.5 Å². The normalized spacial score (nSPS) is 11.6. The Kier molecular flexibility index (Phi) is 9.15. The number of halogens is 1. The smallest absolute Gasteiger partial charge is 0.311 e. The summed E-state index contributed by atoms with van der Waals surface area (Å²) in [7, 11) is 0. The Morgan fingerprint density at radius 3 is 2.62 bits per heavy atom. The number of rotatable bonds is 11. The van der Waals surface area contributed by atoms with Crippen molar-refractivity contribution in [3.8, 4) is 11.4 Å². The van der Waals surface area contributed by atoms with Crippen molar-refractivity contribution >= 4 is 51.7 Å². The molecule has 12 heteroatoms. The summed E-state index contributed by atoms with van der Waals surface area (Å²) in [4.78, 5) is 28.6. The van der Waals surface area contributed by atoms with Crippen LogP contribution in [0.2, 0.25) is 5.02 Å². The second-order valence-electron chi connectivity index (χ2n) is 7.69. The zero-order valence-corrected chi connectivity index (χ0v) is 22.5. The third kappa shape index (κ3) is 7.31. The number of carbonyl (C=O) groups excluding carboxylic acids is 2. The highest BCUT2D eigenvalue weighted by molar-refractivity contribution is 7.99. The SMILES string of the molecule is CCOC(=O)Cc1csc(NC(=O)CSc2nnc(C(C)Oc3ccc(Cl)cc3)n2-c2ccccc2)n1. The average Bonchev–Trinajstić information content (AvgIpc) is 3.51. The molecule has 2 aromatic carbocycles. The number of thiazole rings is 1. The Balaban J connectivity index is 1.44. The van der Waals surface area contributed by atoms with E-state index in [2.05, 4.69) is 20.5 Å². The van der Waals surface area contributed by atoms with Gasteiger partial charge in [-0.2, -0.15) is 0 Å². The molecule has 4 rings (SSSR count). The monoisotopic (exact) mass is 557 g/mol. The maximum atomic E-state index is 12.6. The summed E-state index contributed by atoms with van der Waals surface area (Å²) in [5.41, 5.74) is 1.40. The molecule has 2 aromatic heterocycles. The second-order valence-corrected chi connectivity index (χ2v) is 9.93. The van der Waals surface area contributed by atoms with Gasteiger partial charge in [0.25, 0.3) is 0 Å². The van der Waals surface area contributed by atoms with Gasteiger partial charge in [0.2, 0.25) is 5.91 Å². The number of hydrogen-bond donors (Lipinski definition) is 1. The van der Waals surface area contributed by atoms with Crippen LogP contribution < -0.4 is 10.1 Å². The van der Waals surface area contributed by atoms with Crippen molar-refractivity contribution in [3.05, 3.63) is 76.5 Å². The van der Waals surface area contributed by atoms with Crippen molar-refractivity contribution in [2.24, 2.45) is 0 Å². The van der Waals surface area contributed by atoms with Crippen molar-refractivity contribution in [3.63, 3.8) is 0 Å². The number of nitrogens with zero attached hydrogens (tertiary/aromatic N) is 4. The van der Waals surface area contributed by atoms with Crippen LogP contribution in [0.25, 0.3) is 5.69 Å². The van der Waals surface area contributed by atoms with E-state index in [1.54, 1.807) is 36.6 Å². The minimum Gasteiger partial charge on any atom is -0.483 e. The molecule has 1 amide bonds. The molecule has 0 saturated heterocycles. The molecule has 37 heavy (non-hydrogen) atoms. The van der Waals surface area contributed by atoms with Crippen LogP contribution in [0.1, 0.15) is 31.5 Å². The molecule has 0 saturated carbocycles. The van der Waals surface area contributed by atoms with Gasteiger partial charge in [0.15, 0.2) is 22.2 Å². The van der Waals surface area contributed by atoms with Crippen LogP contribution in [0.15, 0.2) is 65.1 Å². The number of hydrogen-bond acceptors (Lipinski definition) is 9. The summed E-state index contributed by atoms with van der Waals surface area (Å²) in [5.74, 6) is 0.721. The molecule has 0 spiro atoms. The third-order valence-corrected chi connectivity index (χ3v) is 6.91. The summed E-state index contributed by atoms with van der Waals surface area (Å²) in [5, 5.41) is 14.8. The quantitative estimate of drug-likeness (QED) is 0.194. The molecule has 1 atom stereocenters. The Morgan fingerprint density at radius 1 is 1.14 bits per heavy atom. The number of carbonyl (C=O) groups is 2. The molecule has 0 radical (unpaired) electrons. The molecule has 0 fully saturated rings. The topological polar surface area (TPSA) is 108 Å². The van der Waals surface area contributed by atoms with Gasteiger partial charge < -0.3 is 14.8 Å². The number of anilines is 1. The van der Waals surface area contributed by atoms with Crippen LogP contribution in [0.3, 0.4) is 0 Å². The summed E-state index contributed by atoms with van der Waals surface area (Å²) < 4.78 is 12.9. The van der Waals surface area contributed by atoms with Crippen LogP contribution in [-0.2, 0) is 20.7 Å². The molecule has 0 aliphatic rings. The number of benzene rings is 2. The van der Waals surface area contributed by atoms with Crippen LogP contribution in [-0.4, -0.2) is 44.0 Å². The lowest BCUT2D eigenvalue weighted by molar-refractivity contribution is -0.142. The van der Waals surface area contributed by atoms with Gasteiger partial charge >= 0.3 is 5.97 Å². The molecule has 4 aromatic rings. The number of ether oxygens (including phenoxy) is 2. The van der Waals surface area contributed by atoms with Gasteiger partial charge in [-0.05, 0) is 50.2 Å². The Labute approximate surface area is 227 Å². The van der Waals surface area contributed by atoms with Crippen molar-refractivity contribution in [2.45, 2.75) is 31.5 Å². The first-order valence-corrected chi connectivity index (χ1v) is 13.6. The fraction of sp³-hybridized carbons (Fsp3) is 0.240. The molecule has 1 unspecified atom stereocenters. The minimum absolute atomic E-state index is 0.0637. The number of nitrogens with one attached hydrogen (secondary N) is 1. The van der Waals surface area contributed by atoms with E-state index in [0.29, 0.717) is 39.2 Å². The zero-order chi connectivity index (χ0) is 26.2. The zero-order valence-electron chi connectivity index (χ0n) is 20.1. The van der Waals surface area contributed by atoms with Crippen LogP contribution in [0.4, 0.5) is 5.13 Å². The molecule has 192 valence electrons. The van der Waals surface area contributed by atoms with Crippen molar-refractivity contribution < 1.29 is 19.1 Å². The molecule has 2 heterocycles. The third-order valence-electron chi connectivity index (χ3n) is 4.92. The highest BCUT2D eigenvalue weighted by atomic mass is 35.5. The van der Waals surface area contributed by atoms with E-state index < -0.39 is 6.10 Å². The van der Waals surface area contributed by atoms with E-state index in [1.807, 2.05) is 41.8 Å². The van der Waals surface area contributed by atoms with Crippen LogP contribution >= 0.6 is 34.7 Å². The Morgan fingerprint density at radius 2 is 1.89 bits per heavy atom. The van der Waals surface area contributed by atoms with E-state index in [-0.39, 0.29) is 24.1 Å². The second kappa shape index (κ2) is 12.7. The maximum absolute atomic E-state index is 12.6. The Hall–Kier alpha value is -3.41. The minimum atomic E-state index is -0.426. The number of esters is 1. The summed E-state index contributed by atoms with van der Waals surface area (Å²) in [6, 6.07) is 16.7. The van der Waals surface area contributed by atoms with Gasteiger partial charge in [-0.25, -0.2) is 4.98 Å². The van der Waals surface area contributed by atoms with Crippen molar-refractivity contribution in [2.75, 3.05) is 17.7 Å². The molecule has 1 N–H and O–H groups in total. The van der Waals surface area contributed by atoms with Gasteiger partial charge in [0.1, 0.15) is 5.75 Å². The number of para-hydroxylation sites is 1. The summed E-state index contributed by atoms with van der Waals surface area (Å²) >= 11 is 8.48. The first kappa shape index (κ1) is 26.6. The van der Waals surface area contributed by atoms with Crippen molar-refractivity contribution in [1.29, 1.82) is 0 Å². The number of amides is 1. The predicted octanol–water partition coefficient (Wildman–Crippen LogP) is 5.35. The van der Waals surface area contributed by atoms with E-state index >= 15 is 0 Å². The lowest BCUT2D eigenvalue weighted by atomic mass is 10.3. The predicted molar refractivity (Wildman–Crippen MR) is 144 cm³/mol. The Bertz CT molecular complexity index is 1340. The van der Waals surface area contributed by atoms with Gasteiger partial charge in [-0.1, -0.05) is 41.6 Å². The molecular formula is C25H24ClN5O4S2. The molecule has 9 nitrogen and oxygen atoms in total. The molecule has 0 aliphatic heterocycles. The molecule has 0 bridgehead atoms. The van der Waals surface area contributed by atoms with E-state index in [9.17, 15) is 9.59 Å². The fourth-order valence-electron chi connectivity index (χ4n) is 3.32.